The second-order valence-electron chi connectivity index (χ2n) is 5.30. The van der Waals surface area contributed by atoms with Gasteiger partial charge in [-0.15, -0.1) is 0 Å². The lowest BCUT2D eigenvalue weighted by atomic mass is 10.1. The van der Waals surface area contributed by atoms with Crippen LogP contribution in [0, 0.1) is 0 Å². The van der Waals surface area contributed by atoms with Crippen molar-refractivity contribution >= 4 is 13.9 Å². The van der Waals surface area contributed by atoms with Gasteiger partial charge in [0, 0.05) is 5.56 Å². The molecule has 0 atom stereocenters. The molecule has 0 aromatic heterocycles. The minimum atomic E-state index is -1.50. The van der Waals surface area contributed by atoms with Crippen LogP contribution in [-0.2, 0) is 0 Å². The first kappa shape index (κ1) is 10.8. The summed E-state index contributed by atoms with van der Waals surface area (Å²) < 4.78 is 31.3. The van der Waals surface area contributed by atoms with Gasteiger partial charge < -0.3 is 0 Å². The average Bonchev–Trinajstić information content (AvgIpc) is 2.55. The summed E-state index contributed by atoms with van der Waals surface area (Å²) in [4.78, 5) is 11.9. The van der Waals surface area contributed by atoms with E-state index in [-0.39, 0.29) is 30.0 Å². The summed E-state index contributed by atoms with van der Waals surface area (Å²) in [5.41, 5.74) is 2.41. The molecule has 0 radical (unpaired) electrons. The summed E-state index contributed by atoms with van der Waals surface area (Å²) in [5.74, 6) is -0.270. The molecule has 0 bridgehead atoms. The molecule has 0 saturated carbocycles. The van der Waals surface area contributed by atoms with Crippen molar-refractivity contribution in [3.8, 4) is 0 Å². The van der Waals surface area contributed by atoms with Crippen LogP contribution in [-0.4, -0.2) is 13.9 Å². The lowest BCUT2D eigenvalue weighted by Crippen LogP contribution is -2.14. The molecule has 0 heterocycles. The third-order valence-electron chi connectivity index (χ3n) is 2.25. The van der Waals surface area contributed by atoms with E-state index in [1.807, 2.05) is 5.70 Å². The Morgan fingerprint density at radius 3 is 2.20 bits per heavy atom. The van der Waals surface area contributed by atoms with Crippen LogP contribution in [0.2, 0.25) is 19.6 Å². The van der Waals surface area contributed by atoms with Crippen molar-refractivity contribution in [3.05, 3.63) is 84.0 Å². The van der Waals surface area contributed by atoms with Crippen molar-refractivity contribution in [2.45, 2.75) is 19.6 Å². The first-order valence-electron chi connectivity index (χ1n) is 8.44. The predicted octanol–water partition coefficient (Wildman–Crippen LogP) is 4.97. The maximum atomic E-state index is 11.9. The summed E-state index contributed by atoms with van der Waals surface area (Å²) in [6, 6.07) is 7.56. The first-order valence-corrected chi connectivity index (χ1v) is 10.0. The van der Waals surface area contributed by atoms with Crippen LogP contribution >= 0.6 is 0 Å². The van der Waals surface area contributed by atoms with Gasteiger partial charge in [0.05, 0.1) is 13.6 Å². The molecule has 0 aliphatic heterocycles. The summed E-state index contributed by atoms with van der Waals surface area (Å²) in [7, 11) is -1.50. The van der Waals surface area contributed by atoms with E-state index in [9.17, 15) is 4.79 Å². The quantitative estimate of drug-likeness (QED) is 0.312. The summed E-state index contributed by atoms with van der Waals surface area (Å²) in [6.07, 6.45) is 3.93. The highest BCUT2D eigenvalue weighted by Crippen LogP contribution is 2.02. The molecule has 0 spiro atoms. The van der Waals surface area contributed by atoms with E-state index in [2.05, 4.69) is 19.6 Å². The Bertz CT molecular complexity index is 710. The van der Waals surface area contributed by atoms with Crippen molar-refractivity contribution in [1.82, 2.24) is 0 Å². The van der Waals surface area contributed by atoms with Gasteiger partial charge in [-0.05, 0) is 6.08 Å². The minimum absolute atomic E-state index is 0.102. The highest BCUT2D eigenvalue weighted by atomic mass is 28.3. The number of carbonyl (C=O) groups is 1. The number of benzene rings is 1. The third-order valence-corrected chi connectivity index (χ3v) is 3.42. The molecular weight excluding hydrogens is 260 g/mol. The van der Waals surface area contributed by atoms with Crippen LogP contribution in [0.25, 0.3) is 0 Å². The number of hydrogen-bond acceptors (Lipinski definition) is 1. The molecular formula is C18H22OSi. The van der Waals surface area contributed by atoms with E-state index >= 15 is 0 Å². The molecule has 104 valence electrons. The smallest absolute Gasteiger partial charge is 0.185 e. The molecule has 20 heavy (non-hydrogen) atoms. The van der Waals surface area contributed by atoms with Gasteiger partial charge in [-0.2, -0.15) is 0 Å². The minimum Gasteiger partial charge on any atom is -0.289 e. The second-order valence-corrected chi connectivity index (χ2v) is 10.4. The molecule has 0 aliphatic carbocycles. The number of allylic oxidation sites excluding steroid dienone is 7. The van der Waals surface area contributed by atoms with E-state index in [0.717, 1.165) is 0 Å². The van der Waals surface area contributed by atoms with E-state index in [1.54, 1.807) is 30.3 Å². The van der Waals surface area contributed by atoms with Gasteiger partial charge in [0.2, 0.25) is 0 Å². The van der Waals surface area contributed by atoms with Gasteiger partial charge in [-0.25, -0.2) is 0 Å². The van der Waals surface area contributed by atoms with E-state index in [4.69, 9.17) is 5.48 Å². The average molecular weight is 286 g/mol. The van der Waals surface area contributed by atoms with E-state index < -0.39 is 8.07 Å². The molecule has 0 unspecified atom stereocenters. The molecule has 1 aromatic rings. The van der Waals surface area contributed by atoms with Crippen molar-refractivity contribution in [1.29, 1.82) is 0 Å². The number of hydrogen-bond donors (Lipinski definition) is 0. The molecule has 1 rings (SSSR count). The Morgan fingerprint density at radius 1 is 1.00 bits per heavy atom. The van der Waals surface area contributed by atoms with Crippen molar-refractivity contribution in [2.75, 3.05) is 0 Å². The van der Waals surface area contributed by atoms with E-state index in [0.29, 0.717) is 5.56 Å². The molecule has 0 N–H and O–H groups in total. The summed E-state index contributed by atoms with van der Waals surface area (Å²) in [6.45, 7) is 6.31. The molecule has 1 aromatic carbocycles. The lowest BCUT2D eigenvalue weighted by molar-refractivity contribution is 0.104. The lowest BCUT2D eigenvalue weighted by Gasteiger charge is -2.06. The van der Waals surface area contributed by atoms with Crippen molar-refractivity contribution in [2.24, 2.45) is 0 Å². The summed E-state index contributed by atoms with van der Waals surface area (Å²) in [5, 5.41) is 0. The van der Waals surface area contributed by atoms with Crippen LogP contribution < -0.4 is 0 Å². The third kappa shape index (κ3) is 7.49. The highest BCUT2D eigenvalue weighted by Gasteiger charge is 2.05. The second kappa shape index (κ2) is 8.28. The normalized spacial score (nSPS) is 17.9. The van der Waals surface area contributed by atoms with Gasteiger partial charge >= 0.3 is 0 Å². The Kier molecular flexibility index (Phi) is 4.47. The maximum Gasteiger partial charge on any atom is 0.185 e. The van der Waals surface area contributed by atoms with E-state index in [1.165, 1.54) is 18.2 Å². The topological polar surface area (TPSA) is 17.1 Å². The van der Waals surface area contributed by atoms with Gasteiger partial charge in [0.1, 0.15) is 0 Å². The Labute approximate surface area is 128 Å². The van der Waals surface area contributed by atoms with Crippen molar-refractivity contribution < 1.29 is 10.3 Å². The first-order chi connectivity index (χ1) is 11.1. The largest absolute Gasteiger partial charge is 0.289 e. The monoisotopic (exact) mass is 286 g/mol. The Morgan fingerprint density at radius 2 is 1.60 bits per heavy atom. The fourth-order valence-corrected chi connectivity index (χ4v) is 1.85. The molecule has 1 nitrogen and oxygen atoms in total. The highest BCUT2D eigenvalue weighted by molar-refractivity contribution is 6.80. The van der Waals surface area contributed by atoms with Gasteiger partial charge in [0.25, 0.3) is 0 Å². The number of carbonyl (C=O) groups excluding carboxylic acids is 1. The van der Waals surface area contributed by atoms with Gasteiger partial charge in [0.15, 0.2) is 5.78 Å². The predicted molar refractivity (Wildman–Crippen MR) is 90.7 cm³/mol. The molecule has 0 fully saturated rings. The van der Waals surface area contributed by atoms with Crippen LogP contribution in [0.3, 0.4) is 0 Å². The standard InChI is InChI=1S/C18H22OSi/c1-20(2,3)16-12-7-5-4-6-11-15-18(19)17-13-9-8-10-14-17/h4-16H,1-3H3/b6-4+,7-5+,15-11+,16-12+/i4D,5D,6D,7D. The maximum absolute atomic E-state index is 11.9. The molecule has 0 saturated heterocycles. The van der Waals surface area contributed by atoms with Crippen LogP contribution in [0.5, 0.6) is 0 Å². The van der Waals surface area contributed by atoms with Gasteiger partial charge in [-0.1, -0.05) is 92.0 Å². The zero-order valence-corrected chi connectivity index (χ0v) is 13.1. The fourth-order valence-electron chi connectivity index (χ4n) is 1.26. The molecule has 0 aliphatic rings. The van der Waals surface area contributed by atoms with Crippen LogP contribution in [0.15, 0.2) is 78.5 Å². The Balaban J connectivity index is 2.97. The summed E-state index contributed by atoms with van der Waals surface area (Å²) >= 11 is 0. The van der Waals surface area contributed by atoms with Crippen molar-refractivity contribution in [3.63, 3.8) is 0 Å². The number of ketones is 1. The van der Waals surface area contributed by atoms with Crippen LogP contribution in [0.1, 0.15) is 15.8 Å². The SMILES string of the molecule is [2H]C(/C=C/C(=O)c1ccccc1)=C([2H])\C([2H])=C([2H])\C=C\[Si](C)(C)C. The zero-order valence-electron chi connectivity index (χ0n) is 16.1. The van der Waals surface area contributed by atoms with Crippen LogP contribution in [0.4, 0.5) is 0 Å². The zero-order chi connectivity index (χ0) is 18.3. The molecule has 2 heteroatoms. The molecule has 0 amide bonds. The van der Waals surface area contributed by atoms with Gasteiger partial charge in [-0.3, -0.25) is 4.79 Å². The fraction of sp³-hybridized carbons (Fsp3) is 0.167. The number of rotatable bonds is 6. The Hall–Kier alpha value is -1.93.